The predicted octanol–water partition coefficient (Wildman–Crippen LogP) is 0.740. The first kappa shape index (κ1) is 15.5. The van der Waals surface area contributed by atoms with Gasteiger partial charge in [-0.25, -0.2) is 0 Å². The van der Waals surface area contributed by atoms with Crippen LogP contribution in [0.25, 0.3) is 0 Å². The van der Waals surface area contributed by atoms with Crippen molar-refractivity contribution < 1.29 is 23.9 Å². The summed E-state index contributed by atoms with van der Waals surface area (Å²) in [6.45, 7) is 5.97. The lowest BCUT2D eigenvalue weighted by atomic mass is 10.00. The van der Waals surface area contributed by atoms with Crippen LogP contribution in [-0.2, 0) is 23.9 Å². The number of ether oxygens (including phenoxy) is 2. The van der Waals surface area contributed by atoms with Crippen LogP contribution < -0.4 is 0 Å². The van der Waals surface area contributed by atoms with Gasteiger partial charge in [-0.05, 0) is 27.2 Å². The first-order chi connectivity index (χ1) is 9.02. The monoisotopic (exact) mass is 271 g/mol. The highest BCUT2D eigenvalue weighted by molar-refractivity contribution is 5.96. The van der Waals surface area contributed by atoms with E-state index in [1.54, 1.807) is 25.7 Å². The first-order valence-corrected chi connectivity index (χ1v) is 6.65. The average Bonchev–Trinajstić information content (AvgIpc) is 2.76. The largest absolute Gasteiger partial charge is 0.465 e. The van der Waals surface area contributed by atoms with E-state index < -0.39 is 23.9 Å². The summed E-state index contributed by atoms with van der Waals surface area (Å²) in [4.78, 5) is 37.1. The molecule has 0 aromatic heterocycles. The van der Waals surface area contributed by atoms with Gasteiger partial charge in [-0.1, -0.05) is 0 Å². The number of amides is 1. The van der Waals surface area contributed by atoms with Crippen molar-refractivity contribution in [2.45, 2.75) is 39.7 Å². The van der Waals surface area contributed by atoms with Gasteiger partial charge in [-0.15, -0.1) is 0 Å². The number of carbonyl (C=O) groups excluding carboxylic acids is 3. The molecule has 108 valence electrons. The number of hydrogen-bond acceptors (Lipinski definition) is 5. The molecule has 0 bridgehead atoms. The lowest BCUT2D eigenvalue weighted by molar-refractivity contribution is -0.165. The average molecular weight is 271 g/mol. The Morgan fingerprint density at radius 3 is 2.11 bits per heavy atom. The molecule has 1 unspecified atom stereocenters. The lowest BCUT2D eigenvalue weighted by Gasteiger charge is -2.29. The summed E-state index contributed by atoms with van der Waals surface area (Å²) in [5, 5.41) is 0. The third-order valence-corrected chi connectivity index (χ3v) is 3.17. The second kappa shape index (κ2) is 7.11. The molecule has 0 aliphatic carbocycles. The van der Waals surface area contributed by atoms with E-state index in [0.717, 1.165) is 6.42 Å². The molecule has 1 amide bonds. The normalized spacial score (nSPS) is 16.6. The Kier molecular flexibility index (Phi) is 5.79. The number of likely N-dealkylation sites (tertiary alicyclic amines) is 1. The van der Waals surface area contributed by atoms with Gasteiger partial charge in [0.2, 0.25) is 5.91 Å². The highest BCUT2D eigenvalue weighted by Crippen LogP contribution is 2.21. The van der Waals surface area contributed by atoms with Crippen LogP contribution in [-0.4, -0.2) is 48.5 Å². The number of carbonyl (C=O) groups is 3. The van der Waals surface area contributed by atoms with Crippen molar-refractivity contribution in [2.75, 3.05) is 19.8 Å². The van der Waals surface area contributed by atoms with Crippen LogP contribution >= 0.6 is 0 Å². The quantitative estimate of drug-likeness (QED) is 0.526. The van der Waals surface area contributed by atoms with Crippen LogP contribution in [0.1, 0.15) is 33.6 Å². The van der Waals surface area contributed by atoms with Crippen molar-refractivity contribution in [2.24, 2.45) is 5.92 Å². The fourth-order valence-corrected chi connectivity index (χ4v) is 2.23. The molecule has 0 aromatic carbocycles. The fourth-order valence-electron chi connectivity index (χ4n) is 2.23. The van der Waals surface area contributed by atoms with E-state index in [9.17, 15) is 14.4 Å². The molecule has 0 radical (unpaired) electrons. The molecule has 1 saturated heterocycles. The van der Waals surface area contributed by atoms with Crippen LogP contribution in [0.15, 0.2) is 0 Å². The van der Waals surface area contributed by atoms with E-state index in [1.807, 2.05) is 0 Å². The SMILES string of the molecule is CCOC(=O)C(C(=O)OCC)C(C)N1CCCC1=O. The number of rotatable bonds is 6. The van der Waals surface area contributed by atoms with E-state index in [0.29, 0.717) is 13.0 Å². The Morgan fingerprint density at radius 2 is 1.74 bits per heavy atom. The molecular weight excluding hydrogens is 250 g/mol. The zero-order valence-corrected chi connectivity index (χ0v) is 11.7. The third-order valence-electron chi connectivity index (χ3n) is 3.17. The maximum atomic E-state index is 11.9. The second-order valence-corrected chi connectivity index (χ2v) is 4.41. The molecule has 19 heavy (non-hydrogen) atoms. The van der Waals surface area contributed by atoms with Crippen molar-refractivity contribution in [3.63, 3.8) is 0 Å². The zero-order valence-electron chi connectivity index (χ0n) is 11.7. The summed E-state index contributed by atoms with van der Waals surface area (Å²) >= 11 is 0. The molecule has 0 spiro atoms. The fraction of sp³-hybridized carbons (Fsp3) is 0.769. The van der Waals surface area contributed by atoms with Crippen LogP contribution in [0.5, 0.6) is 0 Å². The van der Waals surface area contributed by atoms with Gasteiger partial charge < -0.3 is 14.4 Å². The van der Waals surface area contributed by atoms with E-state index in [-0.39, 0.29) is 19.1 Å². The van der Waals surface area contributed by atoms with Gasteiger partial charge in [0.15, 0.2) is 5.92 Å². The molecule has 0 N–H and O–H groups in total. The molecule has 0 aromatic rings. The second-order valence-electron chi connectivity index (χ2n) is 4.41. The van der Waals surface area contributed by atoms with Gasteiger partial charge in [0.25, 0.3) is 0 Å². The van der Waals surface area contributed by atoms with Crippen molar-refractivity contribution in [1.82, 2.24) is 4.90 Å². The Bertz CT molecular complexity index is 337. The Labute approximate surface area is 113 Å². The minimum Gasteiger partial charge on any atom is -0.465 e. The topological polar surface area (TPSA) is 72.9 Å². The highest BCUT2D eigenvalue weighted by Gasteiger charge is 2.40. The molecule has 1 aliphatic rings. The number of hydrogen-bond donors (Lipinski definition) is 0. The zero-order chi connectivity index (χ0) is 14.4. The molecule has 1 aliphatic heterocycles. The van der Waals surface area contributed by atoms with E-state index >= 15 is 0 Å². The van der Waals surface area contributed by atoms with Gasteiger partial charge in [0.1, 0.15) is 0 Å². The van der Waals surface area contributed by atoms with Crippen LogP contribution in [0.4, 0.5) is 0 Å². The summed E-state index contributed by atoms with van der Waals surface area (Å²) in [7, 11) is 0. The molecule has 6 heteroatoms. The minimum absolute atomic E-state index is 0.0360. The van der Waals surface area contributed by atoms with Gasteiger partial charge in [0.05, 0.1) is 19.3 Å². The molecule has 0 saturated carbocycles. The van der Waals surface area contributed by atoms with Crippen molar-refractivity contribution in [1.29, 1.82) is 0 Å². The Morgan fingerprint density at radius 1 is 1.21 bits per heavy atom. The third kappa shape index (κ3) is 3.68. The van der Waals surface area contributed by atoms with Crippen molar-refractivity contribution in [3.8, 4) is 0 Å². The molecule has 1 fully saturated rings. The summed E-state index contributed by atoms with van der Waals surface area (Å²) in [6, 6.07) is -0.534. The van der Waals surface area contributed by atoms with E-state index in [1.165, 1.54) is 0 Å². The molecular formula is C13H21NO5. The van der Waals surface area contributed by atoms with Gasteiger partial charge in [0, 0.05) is 13.0 Å². The molecule has 1 heterocycles. The minimum atomic E-state index is -1.07. The summed E-state index contributed by atoms with van der Waals surface area (Å²) in [6.07, 6.45) is 1.21. The van der Waals surface area contributed by atoms with Crippen molar-refractivity contribution in [3.05, 3.63) is 0 Å². The summed E-state index contributed by atoms with van der Waals surface area (Å²) < 4.78 is 9.82. The summed E-state index contributed by atoms with van der Waals surface area (Å²) in [5.41, 5.74) is 0. The smallest absolute Gasteiger partial charge is 0.322 e. The maximum Gasteiger partial charge on any atom is 0.322 e. The standard InChI is InChI=1S/C13H21NO5/c1-4-18-12(16)11(13(17)19-5-2)9(3)14-8-6-7-10(14)15/h9,11H,4-8H2,1-3H3. The summed E-state index contributed by atoms with van der Waals surface area (Å²) in [5.74, 6) is -2.37. The van der Waals surface area contributed by atoms with Gasteiger partial charge >= 0.3 is 11.9 Å². The first-order valence-electron chi connectivity index (χ1n) is 6.65. The Balaban J connectivity index is 2.85. The number of nitrogens with zero attached hydrogens (tertiary/aromatic N) is 1. The van der Waals surface area contributed by atoms with E-state index in [2.05, 4.69) is 0 Å². The van der Waals surface area contributed by atoms with Crippen LogP contribution in [0.2, 0.25) is 0 Å². The number of esters is 2. The lowest BCUT2D eigenvalue weighted by Crippen LogP contribution is -2.47. The van der Waals surface area contributed by atoms with Gasteiger partial charge in [-0.2, -0.15) is 0 Å². The van der Waals surface area contributed by atoms with Crippen LogP contribution in [0.3, 0.4) is 0 Å². The van der Waals surface area contributed by atoms with E-state index in [4.69, 9.17) is 9.47 Å². The molecule has 1 atom stereocenters. The Hall–Kier alpha value is -1.59. The molecule has 1 rings (SSSR count). The maximum absolute atomic E-state index is 11.9. The molecule has 6 nitrogen and oxygen atoms in total. The van der Waals surface area contributed by atoms with Gasteiger partial charge in [-0.3, -0.25) is 14.4 Å². The van der Waals surface area contributed by atoms with Crippen molar-refractivity contribution >= 4 is 17.8 Å². The highest BCUT2D eigenvalue weighted by atomic mass is 16.6. The van der Waals surface area contributed by atoms with Crippen LogP contribution in [0, 0.1) is 5.92 Å². The predicted molar refractivity (Wildman–Crippen MR) is 67.2 cm³/mol.